The summed E-state index contributed by atoms with van der Waals surface area (Å²) in [5.41, 5.74) is 3.32. The molecular formula is C20H22N4O2. The van der Waals surface area contributed by atoms with E-state index in [1.54, 1.807) is 10.9 Å². The lowest BCUT2D eigenvalue weighted by Crippen LogP contribution is -2.23. The zero-order valence-electron chi connectivity index (χ0n) is 15.0. The molecule has 2 aromatic carbocycles. The van der Waals surface area contributed by atoms with Crippen LogP contribution in [0.25, 0.3) is 5.69 Å². The lowest BCUT2D eigenvalue weighted by molar-refractivity contribution is 0.0945. The van der Waals surface area contributed by atoms with E-state index in [0.29, 0.717) is 13.2 Å². The Hall–Kier alpha value is -3.15. The number of nitrogens with one attached hydrogen (secondary N) is 1. The first-order chi connectivity index (χ1) is 12.7. The van der Waals surface area contributed by atoms with Gasteiger partial charge in [-0.2, -0.15) is 0 Å². The second kappa shape index (κ2) is 8.29. The van der Waals surface area contributed by atoms with E-state index in [9.17, 15) is 4.79 Å². The number of aromatic nitrogens is 3. The van der Waals surface area contributed by atoms with Gasteiger partial charge >= 0.3 is 0 Å². The summed E-state index contributed by atoms with van der Waals surface area (Å²) in [5.74, 6) is 0.502. The first-order valence-corrected chi connectivity index (χ1v) is 8.71. The highest BCUT2D eigenvalue weighted by atomic mass is 16.5. The van der Waals surface area contributed by atoms with Crippen LogP contribution in [0.2, 0.25) is 0 Å². The molecule has 3 aromatic rings. The number of aryl methyl sites for hydroxylation is 1. The molecule has 0 bridgehead atoms. The molecule has 0 saturated heterocycles. The molecule has 6 nitrogen and oxygen atoms in total. The highest BCUT2D eigenvalue weighted by molar-refractivity contribution is 5.91. The molecule has 0 aliphatic carbocycles. The van der Waals surface area contributed by atoms with Crippen molar-refractivity contribution in [2.45, 2.75) is 26.8 Å². The van der Waals surface area contributed by atoms with Crippen molar-refractivity contribution >= 4 is 5.91 Å². The van der Waals surface area contributed by atoms with Gasteiger partial charge in [0.1, 0.15) is 5.75 Å². The average Bonchev–Trinajstić information content (AvgIpc) is 3.18. The van der Waals surface area contributed by atoms with Crippen molar-refractivity contribution in [1.29, 1.82) is 0 Å². The van der Waals surface area contributed by atoms with Gasteiger partial charge in [0.15, 0.2) is 5.69 Å². The molecule has 134 valence electrons. The van der Waals surface area contributed by atoms with Gasteiger partial charge < -0.3 is 10.1 Å². The highest BCUT2D eigenvalue weighted by Crippen LogP contribution is 2.17. The predicted octanol–water partition coefficient (Wildman–Crippen LogP) is 3.16. The van der Waals surface area contributed by atoms with Gasteiger partial charge in [0.05, 0.1) is 18.5 Å². The van der Waals surface area contributed by atoms with Crippen molar-refractivity contribution in [2.24, 2.45) is 0 Å². The Morgan fingerprint density at radius 2 is 1.88 bits per heavy atom. The molecule has 0 aliphatic rings. The average molecular weight is 350 g/mol. The van der Waals surface area contributed by atoms with Crippen molar-refractivity contribution < 1.29 is 9.53 Å². The van der Waals surface area contributed by atoms with Crippen LogP contribution in [0.1, 0.15) is 35.5 Å². The third kappa shape index (κ3) is 4.08. The van der Waals surface area contributed by atoms with Crippen molar-refractivity contribution in [2.75, 3.05) is 6.61 Å². The zero-order chi connectivity index (χ0) is 18.4. The number of hydrogen-bond acceptors (Lipinski definition) is 4. The van der Waals surface area contributed by atoms with Crippen LogP contribution < -0.4 is 10.1 Å². The maximum Gasteiger partial charge on any atom is 0.273 e. The monoisotopic (exact) mass is 350 g/mol. The van der Waals surface area contributed by atoms with Gasteiger partial charge in [-0.05, 0) is 37.1 Å². The summed E-state index contributed by atoms with van der Waals surface area (Å²) in [4.78, 5) is 12.4. The van der Waals surface area contributed by atoms with Crippen LogP contribution in [-0.2, 0) is 13.0 Å². The number of ether oxygens (including phenoxy) is 1. The molecule has 1 heterocycles. The summed E-state index contributed by atoms with van der Waals surface area (Å²) in [7, 11) is 0. The van der Waals surface area contributed by atoms with Gasteiger partial charge in [0.25, 0.3) is 5.91 Å². The quantitative estimate of drug-likeness (QED) is 0.711. The molecule has 3 rings (SSSR count). The summed E-state index contributed by atoms with van der Waals surface area (Å²) in [5, 5.41) is 10.9. The predicted molar refractivity (Wildman–Crippen MR) is 99.5 cm³/mol. The summed E-state index contributed by atoms with van der Waals surface area (Å²) in [6.07, 6.45) is 2.61. The van der Waals surface area contributed by atoms with Gasteiger partial charge in [-0.15, -0.1) is 5.10 Å². The molecule has 0 radical (unpaired) electrons. The molecule has 0 saturated carbocycles. The molecule has 6 heteroatoms. The molecule has 1 N–H and O–H groups in total. The fourth-order valence-electron chi connectivity index (χ4n) is 2.59. The highest BCUT2D eigenvalue weighted by Gasteiger charge is 2.12. The van der Waals surface area contributed by atoms with Gasteiger partial charge in [0.2, 0.25) is 0 Å². The van der Waals surface area contributed by atoms with E-state index >= 15 is 0 Å². The molecular weight excluding hydrogens is 328 g/mol. The Bertz CT molecular complexity index is 872. The normalized spacial score (nSPS) is 10.5. The minimum atomic E-state index is -0.271. The zero-order valence-corrected chi connectivity index (χ0v) is 15.0. The number of nitrogens with zero attached hydrogens (tertiary/aromatic N) is 3. The second-order valence-electron chi connectivity index (χ2n) is 5.79. The van der Waals surface area contributed by atoms with Crippen molar-refractivity contribution in [3.05, 3.63) is 71.5 Å². The van der Waals surface area contributed by atoms with Crippen LogP contribution in [0.4, 0.5) is 0 Å². The summed E-state index contributed by atoms with van der Waals surface area (Å²) in [6, 6.07) is 15.7. The minimum absolute atomic E-state index is 0.271. The maximum atomic E-state index is 12.4. The van der Waals surface area contributed by atoms with Crippen molar-refractivity contribution in [3.8, 4) is 11.4 Å². The Morgan fingerprint density at radius 1 is 1.12 bits per heavy atom. The fourth-order valence-corrected chi connectivity index (χ4v) is 2.59. The smallest absolute Gasteiger partial charge is 0.273 e. The van der Waals surface area contributed by atoms with Crippen LogP contribution in [0.15, 0.2) is 54.7 Å². The van der Waals surface area contributed by atoms with Gasteiger partial charge in [-0.1, -0.05) is 42.5 Å². The molecule has 1 amide bonds. The number of carbonyl (C=O) groups is 1. The largest absolute Gasteiger partial charge is 0.494 e. The second-order valence-corrected chi connectivity index (χ2v) is 5.79. The Balaban J connectivity index is 1.66. The molecule has 26 heavy (non-hydrogen) atoms. The standard InChI is InChI=1S/C20H22N4O2/c1-3-15-9-11-17(12-10-15)24-14-18(22-23-24)20(25)21-13-16-7-5-6-8-19(16)26-4-2/h5-12,14H,3-4,13H2,1-2H3,(H,21,25). The van der Waals surface area contributed by atoms with Crippen LogP contribution in [-0.4, -0.2) is 27.5 Å². The Labute approximate surface area is 152 Å². The molecule has 0 aliphatic heterocycles. The SMILES string of the molecule is CCOc1ccccc1CNC(=O)c1cn(-c2ccc(CC)cc2)nn1. The lowest BCUT2D eigenvalue weighted by atomic mass is 10.1. The van der Waals surface area contributed by atoms with E-state index in [-0.39, 0.29) is 11.6 Å². The van der Waals surface area contributed by atoms with Gasteiger partial charge in [0, 0.05) is 12.1 Å². The van der Waals surface area contributed by atoms with Crippen LogP contribution >= 0.6 is 0 Å². The minimum Gasteiger partial charge on any atom is -0.494 e. The molecule has 0 unspecified atom stereocenters. The van der Waals surface area contributed by atoms with Gasteiger partial charge in [-0.3, -0.25) is 4.79 Å². The molecule has 1 aromatic heterocycles. The van der Waals surface area contributed by atoms with Crippen LogP contribution in [0.3, 0.4) is 0 Å². The summed E-state index contributed by atoms with van der Waals surface area (Å²) >= 11 is 0. The Kier molecular flexibility index (Phi) is 5.63. The van der Waals surface area contributed by atoms with E-state index in [4.69, 9.17) is 4.74 Å². The molecule has 0 atom stereocenters. The van der Waals surface area contributed by atoms with Crippen molar-refractivity contribution in [1.82, 2.24) is 20.3 Å². The third-order valence-corrected chi connectivity index (χ3v) is 4.05. The first-order valence-electron chi connectivity index (χ1n) is 8.71. The van der Waals surface area contributed by atoms with E-state index < -0.39 is 0 Å². The van der Waals surface area contributed by atoms with E-state index in [0.717, 1.165) is 23.4 Å². The van der Waals surface area contributed by atoms with Crippen LogP contribution in [0, 0.1) is 0 Å². The number of rotatable bonds is 7. The molecule has 0 fully saturated rings. The maximum absolute atomic E-state index is 12.4. The summed E-state index contributed by atoms with van der Waals surface area (Å²) in [6.45, 7) is 4.99. The van der Waals surface area contributed by atoms with Crippen molar-refractivity contribution in [3.63, 3.8) is 0 Å². The Morgan fingerprint density at radius 3 is 2.62 bits per heavy atom. The number of carbonyl (C=O) groups excluding carboxylic acids is 1. The lowest BCUT2D eigenvalue weighted by Gasteiger charge is -2.10. The third-order valence-electron chi connectivity index (χ3n) is 4.05. The fraction of sp³-hybridized carbons (Fsp3) is 0.250. The number of benzene rings is 2. The van der Waals surface area contributed by atoms with Gasteiger partial charge in [-0.25, -0.2) is 4.68 Å². The van der Waals surface area contributed by atoms with Crippen LogP contribution in [0.5, 0.6) is 5.75 Å². The number of hydrogen-bond donors (Lipinski definition) is 1. The van der Waals surface area contributed by atoms with E-state index in [2.05, 4.69) is 22.6 Å². The first kappa shape index (κ1) is 17.7. The van der Waals surface area contributed by atoms with E-state index in [1.807, 2.05) is 55.5 Å². The van der Waals surface area contributed by atoms with E-state index in [1.165, 1.54) is 5.56 Å². The number of para-hydroxylation sites is 1. The summed E-state index contributed by atoms with van der Waals surface area (Å²) < 4.78 is 7.17. The number of amides is 1. The topological polar surface area (TPSA) is 69.0 Å². The molecule has 0 spiro atoms.